The zero-order valence-corrected chi connectivity index (χ0v) is 21.5. The van der Waals surface area contributed by atoms with Gasteiger partial charge in [-0.15, -0.1) is 0 Å². The number of amides is 2. The van der Waals surface area contributed by atoms with Gasteiger partial charge in [-0.05, 0) is 66.7 Å². The molecule has 0 radical (unpaired) electrons. The second-order valence-corrected chi connectivity index (χ2v) is 12.7. The lowest BCUT2D eigenvalue weighted by Crippen LogP contribution is -2.79. The number of methoxy groups -OCH3 is 1. The number of esters is 1. The summed E-state index contributed by atoms with van der Waals surface area (Å²) in [7, 11) is 1.36. The molecule has 2 bridgehead atoms. The Hall–Kier alpha value is -2.15. The SMILES string of the molecule is COC(=O)C12CC(N3C=C4CC(F)(F)CC[C@@]4(c4ccc(CCC(C)(C)C)c(Cl)c4)NC3=O)(C1)C2. The molecular formula is C27H33ClF2N2O3. The van der Waals surface area contributed by atoms with Gasteiger partial charge in [0.2, 0.25) is 0 Å². The number of urea groups is 1. The van der Waals surface area contributed by atoms with Crippen molar-refractivity contribution in [3.63, 3.8) is 0 Å². The van der Waals surface area contributed by atoms with Gasteiger partial charge >= 0.3 is 12.0 Å². The molecule has 4 aliphatic carbocycles. The molecule has 0 unspecified atom stereocenters. The quantitative estimate of drug-likeness (QED) is 0.474. The number of rotatable bonds is 5. The Morgan fingerprint density at radius 1 is 1.20 bits per heavy atom. The van der Waals surface area contributed by atoms with Crippen LogP contribution in [-0.4, -0.2) is 35.5 Å². The van der Waals surface area contributed by atoms with Gasteiger partial charge in [0.05, 0.1) is 23.6 Å². The van der Waals surface area contributed by atoms with Gasteiger partial charge in [0.1, 0.15) is 0 Å². The van der Waals surface area contributed by atoms with Crippen LogP contribution < -0.4 is 5.32 Å². The highest BCUT2D eigenvalue weighted by atomic mass is 35.5. The molecule has 5 nitrogen and oxygen atoms in total. The molecule has 1 aromatic rings. The van der Waals surface area contributed by atoms with E-state index in [0.29, 0.717) is 29.9 Å². The van der Waals surface area contributed by atoms with E-state index in [1.807, 2.05) is 18.2 Å². The second-order valence-electron chi connectivity index (χ2n) is 12.3. The first-order chi connectivity index (χ1) is 16.2. The summed E-state index contributed by atoms with van der Waals surface area (Å²) in [5.41, 5.74) is 0.363. The molecule has 1 aliphatic heterocycles. The normalized spacial score (nSPS) is 33.1. The highest BCUT2D eigenvalue weighted by Gasteiger charge is 2.76. The molecule has 5 aliphatic rings. The molecule has 4 saturated carbocycles. The standard InChI is InChI=1S/C27H33ClF2N2O3/c1-23(2,3)8-7-17-5-6-18(11-20(17)28)27-10-9-26(29,30)12-19(27)13-32(22(34)31-27)25-14-24(15-25,16-25)21(33)35-4/h5-6,11,13H,7-10,12,14-16H2,1-4H3,(H,31,34)/t24?,25?,27-/m0/s1. The summed E-state index contributed by atoms with van der Waals surface area (Å²) in [6, 6.07) is 5.40. The molecule has 1 atom stereocenters. The van der Waals surface area contributed by atoms with Crippen LogP contribution in [0.5, 0.6) is 0 Å². The monoisotopic (exact) mass is 506 g/mol. The van der Waals surface area contributed by atoms with Gasteiger partial charge in [0.15, 0.2) is 0 Å². The number of nitrogens with one attached hydrogen (secondary N) is 1. The molecule has 0 aromatic heterocycles. The second kappa shape index (κ2) is 7.67. The van der Waals surface area contributed by atoms with Crippen LogP contribution in [0.15, 0.2) is 30.0 Å². The van der Waals surface area contributed by atoms with E-state index < -0.39 is 28.8 Å². The van der Waals surface area contributed by atoms with Crippen molar-refractivity contribution in [3.05, 3.63) is 46.1 Å². The van der Waals surface area contributed by atoms with E-state index in [1.165, 1.54) is 7.11 Å². The summed E-state index contributed by atoms with van der Waals surface area (Å²) < 4.78 is 34.1. The fraction of sp³-hybridized carbons (Fsp3) is 0.630. The van der Waals surface area contributed by atoms with Crippen molar-refractivity contribution in [2.75, 3.05) is 7.11 Å². The summed E-state index contributed by atoms with van der Waals surface area (Å²) in [4.78, 5) is 27.1. The van der Waals surface area contributed by atoms with E-state index >= 15 is 0 Å². The maximum absolute atomic E-state index is 14.6. The van der Waals surface area contributed by atoms with E-state index in [1.54, 1.807) is 11.1 Å². The van der Waals surface area contributed by atoms with Crippen LogP contribution in [0.25, 0.3) is 0 Å². The maximum atomic E-state index is 14.6. The van der Waals surface area contributed by atoms with Crippen LogP contribution in [0.3, 0.4) is 0 Å². The molecule has 0 spiro atoms. The lowest BCUT2D eigenvalue weighted by Gasteiger charge is -2.71. The average Bonchev–Trinajstić information content (AvgIpc) is 2.70. The van der Waals surface area contributed by atoms with Gasteiger partial charge in [-0.1, -0.05) is 44.5 Å². The Balaban J connectivity index is 1.46. The van der Waals surface area contributed by atoms with Crippen molar-refractivity contribution in [3.8, 4) is 0 Å². The fourth-order valence-electron chi connectivity index (χ4n) is 6.51. The molecule has 6 rings (SSSR count). The topological polar surface area (TPSA) is 58.6 Å². The minimum absolute atomic E-state index is 0.0994. The zero-order valence-electron chi connectivity index (χ0n) is 20.8. The van der Waals surface area contributed by atoms with E-state index in [-0.39, 0.29) is 30.3 Å². The number of hydrogen-bond donors (Lipinski definition) is 1. The minimum atomic E-state index is -2.84. The molecule has 8 heteroatoms. The third-order valence-electron chi connectivity index (χ3n) is 8.51. The van der Waals surface area contributed by atoms with Crippen molar-refractivity contribution in [2.45, 2.75) is 89.1 Å². The predicted molar refractivity (Wildman–Crippen MR) is 129 cm³/mol. The molecule has 35 heavy (non-hydrogen) atoms. The highest BCUT2D eigenvalue weighted by molar-refractivity contribution is 6.31. The largest absolute Gasteiger partial charge is 0.469 e. The Bertz CT molecular complexity index is 1110. The van der Waals surface area contributed by atoms with Gasteiger partial charge in [-0.25, -0.2) is 13.6 Å². The first-order valence-corrected chi connectivity index (χ1v) is 12.7. The van der Waals surface area contributed by atoms with Crippen LogP contribution in [-0.2, 0) is 21.5 Å². The van der Waals surface area contributed by atoms with Crippen LogP contribution in [0, 0.1) is 10.8 Å². The molecule has 4 fully saturated rings. The predicted octanol–water partition coefficient (Wildman–Crippen LogP) is 6.34. The fourth-order valence-corrected chi connectivity index (χ4v) is 6.78. The number of fused-ring (bicyclic) bond motifs is 1. The first-order valence-electron chi connectivity index (χ1n) is 12.3. The summed E-state index contributed by atoms with van der Waals surface area (Å²) in [5, 5.41) is 3.70. The minimum Gasteiger partial charge on any atom is -0.469 e. The lowest BCUT2D eigenvalue weighted by atomic mass is 9.38. The van der Waals surface area contributed by atoms with E-state index in [0.717, 1.165) is 24.0 Å². The Morgan fingerprint density at radius 2 is 1.89 bits per heavy atom. The van der Waals surface area contributed by atoms with E-state index in [4.69, 9.17) is 16.3 Å². The smallest absolute Gasteiger partial charge is 0.322 e. The number of benzene rings is 1. The zero-order chi connectivity index (χ0) is 25.4. The van der Waals surface area contributed by atoms with Gasteiger partial charge in [0.25, 0.3) is 5.92 Å². The van der Waals surface area contributed by atoms with Gasteiger partial charge in [-0.3, -0.25) is 9.69 Å². The first kappa shape index (κ1) is 24.5. The molecule has 0 saturated heterocycles. The number of carbonyl (C=O) groups excluding carboxylic acids is 2. The molecule has 2 amide bonds. The number of halogens is 3. The van der Waals surface area contributed by atoms with Crippen LogP contribution in [0.2, 0.25) is 5.02 Å². The van der Waals surface area contributed by atoms with Crippen molar-refractivity contribution in [2.24, 2.45) is 10.8 Å². The molecule has 1 N–H and O–H groups in total. The average molecular weight is 507 g/mol. The number of hydrogen-bond acceptors (Lipinski definition) is 3. The van der Waals surface area contributed by atoms with Crippen molar-refractivity contribution < 1.29 is 23.1 Å². The van der Waals surface area contributed by atoms with Gasteiger partial charge < -0.3 is 10.1 Å². The van der Waals surface area contributed by atoms with E-state index in [2.05, 4.69) is 26.1 Å². The summed E-state index contributed by atoms with van der Waals surface area (Å²) in [5.74, 6) is -3.10. The molecule has 1 aromatic carbocycles. The van der Waals surface area contributed by atoms with Crippen LogP contribution in [0.4, 0.5) is 13.6 Å². The van der Waals surface area contributed by atoms with Crippen molar-refractivity contribution in [1.82, 2.24) is 10.2 Å². The molecule has 190 valence electrons. The third kappa shape index (κ3) is 3.85. The summed E-state index contributed by atoms with van der Waals surface area (Å²) >= 11 is 6.66. The Morgan fingerprint density at radius 3 is 2.49 bits per heavy atom. The number of ether oxygens (including phenoxy) is 1. The molecule has 1 heterocycles. The van der Waals surface area contributed by atoms with Crippen molar-refractivity contribution >= 4 is 23.6 Å². The Kier molecular flexibility index (Phi) is 5.38. The lowest BCUT2D eigenvalue weighted by molar-refractivity contribution is -0.218. The number of aryl methyl sites for hydroxylation is 1. The van der Waals surface area contributed by atoms with Crippen LogP contribution >= 0.6 is 11.6 Å². The number of carbonyl (C=O) groups is 2. The van der Waals surface area contributed by atoms with Crippen LogP contribution in [0.1, 0.15) is 76.8 Å². The van der Waals surface area contributed by atoms with Gasteiger partial charge in [-0.2, -0.15) is 0 Å². The summed E-state index contributed by atoms with van der Waals surface area (Å²) in [6.45, 7) is 6.53. The van der Waals surface area contributed by atoms with E-state index in [9.17, 15) is 18.4 Å². The Labute approximate surface area is 210 Å². The van der Waals surface area contributed by atoms with Gasteiger partial charge in [0, 0.05) is 24.1 Å². The number of nitrogens with zero attached hydrogens (tertiary/aromatic N) is 1. The number of alkyl halides is 2. The summed E-state index contributed by atoms with van der Waals surface area (Å²) in [6.07, 6.45) is 4.28. The molecular weight excluding hydrogens is 474 g/mol. The highest BCUT2D eigenvalue weighted by Crippen LogP contribution is 2.71. The van der Waals surface area contributed by atoms with Crippen molar-refractivity contribution in [1.29, 1.82) is 0 Å². The third-order valence-corrected chi connectivity index (χ3v) is 8.86. The maximum Gasteiger partial charge on any atom is 0.322 e.